The summed E-state index contributed by atoms with van der Waals surface area (Å²) in [6.07, 6.45) is 1.76. The number of benzene rings is 4. The van der Waals surface area contributed by atoms with Gasteiger partial charge >= 0.3 is 12.1 Å². The fraction of sp³-hybridized carbons (Fsp3) is 0.426. The second-order valence-corrected chi connectivity index (χ2v) is 19.0. The summed E-state index contributed by atoms with van der Waals surface area (Å²) in [4.78, 5) is 96.7. The molecule has 7 N–H and O–H groups in total. The van der Waals surface area contributed by atoms with Crippen molar-refractivity contribution >= 4 is 41.6 Å². The molecule has 17 heteroatoms. The van der Waals surface area contributed by atoms with Crippen molar-refractivity contribution in [3.8, 4) is 11.5 Å². The third-order valence-electron chi connectivity index (χ3n) is 12.2. The molecule has 1 aliphatic carbocycles. The van der Waals surface area contributed by atoms with Crippen LogP contribution < -0.4 is 36.6 Å². The summed E-state index contributed by atoms with van der Waals surface area (Å²) in [6, 6.07) is 25.6. The largest absolute Gasteiger partial charge is 0.459 e. The van der Waals surface area contributed by atoms with E-state index in [2.05, 4.69) is 31.9 Å². The van der Waals surface area contributed by atoms with E-state index in [1.54, 1.807) is 119 Å². The predicted molar refractivity (Wildman–Crippen MR) is 263 cm³/mol. The Morgan fingerprint density at radius 3 is 2.14 bits per heavy atom. The molecule has 6 atom stereocenters. The lowest BCUT2D eigenvalue weighted by Gasteiger charge is -2.33. The lowest BCUT2D eigenvalue weighted by Crippen LogP contribution is -2.61. The molecule has 6 unspecified atom stereocenters. The summed E-state index contributed by atoms with van der Waals surface area (Å²) in [5.41, 5.74) is 1.66. The number of aliphatic hydroxyl groups excluding tert-OH is 1. The van der Waals surface area contributed by atoms with Crippen LogP contribution >= 0.6 is 0 Å². The molecule has 0 spiro atoms. The van der Waals surface area contributed by atoms with Crippen LogP contribution in [-0.4, -0.2) is 89.1 Å². The van der Waals surface area contributed by atoms with Crippen LogP contribution in [0.1, 0.15) is 101 Å². The smallest absolute Gasteiger partial charge is 0.408 e. The summed E-state index contributed by atoms with van der Waals surface area (Å²) < 4.78 is 17.2. The number of ether oxygens (including phenoxy) is 3. The highest BCUT2D eigenvalue weighted by molar-refractivity contribution is 5.95. The van der Waals surface area contributed by atoms with Crippen molar-refractivity contribution < 1.29 is 52.9 Å². The van der Waals surface area contributed by atoms with E-state index in [4.69, 9.17) is 14.2 Å². The molecule has 4 bridgehead atoms. The van der Waals surface area contributed by atoms with Gasteiger partial charge in [0.05, 0.1) is 12.6 Å². The summed E-state index contributed by atoms with van der Waals surface area (Å²) in [6.45, 7) is 6.27. The van der Waals surface area contributed by atoms with Gasteiger partial charge in [0.25, 0.3) is 5.91 Å². The van der Waals surface area contributed by atoms with Crippen LogP contribution in [0, 0.1) is 5.92 Å². The normalized spacial score (nSPS) is 18.9. The molecule has 6 amide bonds. The zero-order valence-electron chi connectivity index (χ0n) is 40.7. The predicted octanol–water partition coefficient (Wildman–Crippen LogP) is 5.38. The number of fused-ring (bicyclic) bond motifs is 10. The first kappa shape index (κ1) is 53.1. The highest BCUT2D eigenvalue weighted by atomic mass is 16.6. The van der Waals surface area contributed by atoms with E-state index >= 15 is 0 Å². The molecular weight excluding hydrogens is 909 g/mol. The number of hydrogen-bond acceptors (Lipinski definition) is 11. The SMILES string of the molecule is CCCC(NC(=O)C1Cc2cccc(c2)Oc2ccc(cc2)CC(NC(=O)OC(C)(C)C)C(=O)NC(C2CCCCC2)C(=O)N1)C(O)C(=O)NCC(=O)NC(C(=O)OCc1ccccc1)c1ccccc1. The van der Waals surface area contributed by atoms with E-state index < -0.39 is 90.1 Å². The van der Waals surface area contributed by atoms with E-state index in [9.17, 15) is 38.7 Å². The van der Waals surface area contributed by atoms with Gasteiger partial charge in [0.15, 0.2) is 12.1 Å². The van der Waals surface area contributed by atoms with Crippen molar-refractivity contribution in [1.82, 2.24) is 31.9 Å². The number of nitrogens with one attached hydrogen (secondary N) is 6. The minimum absolute atomic E-state index is 0.0281. The highest BCUT2D eigenvalue weighted by Gasteiger charge is 2.37. The number of amides is 6. The van der Waals surface area contributed by atoms with Crippen molar-refractivity contribution in [2.24, 2.45) is 5.92 Å². The zero-order valence-corrected chi connectivity index (χ0v) is 40.7. The zero-order chi connectivity index (χ0) is 50.9. The van der Waals surface area contributed by atoms with Crippen molar-refractivity contribution in [2.75, 3.05) is 6.54 Å². The molecule has 0 saturated heterocycles. The maximum absolute atomic E-state index is 14.6. The summed E-state index contributed by atoms with van der Waals surface area (Å²) in [7, 11) is 0. The fourth-order valence-electron chi connectivity index (χ4n) is 8.59. The van der Waals surface area contributed by atoms with Crippen LogP contribution in [0.25, 0.3) is 0 Å². The van der Waals surface area contributed by atoms with Gasteiger partial charge in [0, 0.05) is 12.8 Å². The molecule has 2 aliphatic heterocycles. The third-order valence-corrected chi connectivity index (χ3v) is 12.2. The third kappa shape index (κ3) is 16.4. The Balaban J connectivity index is 1.20. The fourth-order valence-corrected chi connectivity index (χ4v) is 8.59. The van der Waals surface area contributed by atoms with Gasteiger partial charge in [-0.3, -0.25) is 24.0 Å². The maximum Gasteiger partial charge on any atom is 0.408 e. The molecule has 1 saturated carbocycles. The van der Waals surface area contributed by atoms with Crippen LogP contribution in [0.3, 0.4) is 0 Å². The highest BCUT2D eigenvalue weighted by Crippen LogP contribution is 2.28. The maximum atomic E-state index is 14.6. The number of rotatable bonds is 15. The average molecular weight is 975 g/mol. The molecule has 1 fully saturated rings. The van der Waals surface area contributed by atoms with Crippen LogP contribution in [0.5, 0.6) is 11.5 Å². The average Bonchev–Trinajstić information content (AvgIpc) is 3.35. The van der Waals surface area contributed by atoms with Gasteiger partial charge in [-0.25, -0.2) is 9.59 Å². The number of alkyl carbamates (subject to hydrolysis) is 1. The van der Waals surface area contributed by atoms with Gasteiger partial charge < -0.3 is 51.2 Å². The Bertz CT molecular complexity index is 2440. The van der Waals surface area contributed by atoms with Gasteiger partial charge in [-0.15, -0.1) is 0 Å². The summed E-state index contributed by atoms with van der Waals surface area (Å²) in [5.74, 6) is -3.76. The number of hydrogen-bond donors (Lipinski definition) is 7. The Labute approximate surface area is 414 Å². The van der Waals surface area contributed by atoms with E-state index in [0.717, 1.165) is 24.8 Å². The Kier molecular flexibility index (Phi) is 19.1. The topological polar surface area (TPSA) is 240 Å². The quantitative estimate of drug-likeness (QED) is 0.0747. The Morgan fingerprint density at radius 1 is 0.775 bits per heavy atom. The summed E-state index contributed by atoms with van der Waals surface area (Å²) in [5, 5.41) is 27.8. The summed E-state index contributed by atoms with van der Waals surface area (Å²) >= 11 is 0. The standard InChI is InChI=1S/C54H66N6O11/c1-5-16-41(47(62)51(66)55-32-44(61)59-46(38-22-13-8-14-23-38)52(67)69-33-35-17-9-6-10-18-35)56-48(63)42-31-36-19-15-24-40(29-36)70-39-27-25-34(26-28-39)30-43(58-53(68)71-54(2,3)4)49(64)60-45(50(65)57-42)37-20-11-7-12-21-37/h6,8-10,13-15,17-19,22-29,37,41-43,45-47,62H,5,7,11-12,16,20-21,30-33H2,1-4H3,(H,55,66)(H,56,63)(H,57,65)(H,58,68)(H,59,61)(H,60,64). The molecule has 71 heavy (non-hydrogen) atoms. The molecular formula is C54H66N6O11. The van der Waals surface area contributed by atoms with E-state index in [1.165, 1.54) is 0 Å². The monoisotopic (exact) mass is 974 g/mol. The lowest BCUT2D eigenvalue weighted by atomic mass is 9.83. The molecule has 378 valence electrons. The minimum Gasteiger partial charge on any atom is -0.459 e. The molecule has 17 nitrogen and oxygen atoms in total. The molecule has 3 aliphatic rings. The number of esters is 1. The first-order chi connectivity index (χ1) is 34.0. The number of carbonyl (C=O) groups excluding carboxylic acids is 7. The van der Waals surface area contributed by atoms with Gasteiger partial charge in [0.1, 0.15) is 41.8 Å². The first-order valence-corrected chi connectivity index (χ1v) is 24.3. The molecule has 7 rings (SSSR count). The Morgan fingerprint density at radius 2 is 1.46 bits per heavy atom. The van der Waals surface area contributed by atoms with Gasteiger partial charge in [-0.05, 0) is 92.5 Å². The molecule has 0 radical (unpaired) electrons. The molecule has 2 heterocycles. The Hall–Kier alpha value is -7.27. The number of aliphatic hydroxyl groups is 1. The minimum atomic E-state index is -1.84. The van der Waals surface area contributed by atoms with Crippen molar-refractivity contribution in [1.29, 1.82) is 0 Å². The van der Waals surface area contributed by atoms with Gasteiger partial charge in [-0.2, -0.15) is 0 Å². The van der Waals surface area contributed by atoms with Gasteiger partial charge in [-0.1, -0.05) is 118 Å². The van der Waals surface area contributed by atoms with Crippen LogP contribution in [0.4, 0.5) is 4.79 Å². The first-order valence-electron chi connectivity index (χ1n) is 24.3. The van der Waals surface area contributed by atoms with Crippen molar-refractivity contribution in [3.63, 3.8) is 0 Å². The molecule has 4 aromatic rings. The van der Waals surface area contributed by atoms with E-state index in [-0.39, 0.29) is 31.8 Å². The second-order valence-electron chi connectivity index (χ2n) is 19.0. The van der Waals surface area contributed by atoms with Crippen molar-refractivity contribution in [3.05, 3.63) is 131 Å². The van der Waals surface area contributed by atoms with E-state index in [0.29, 0.717) is 47.5 Å². The number of carbonyl (C=O) groups is 7. The van der Waals surface area contributed by atoms with E-state index in [1.807, 2.05) is 18.2 Å². The van der Waals surface area contributed by atoms with Crippen LogP contribution in [0.15, 0.2) is 109 Å². The lowest BCUT2D eigenvalue weighted by molar-refractivity contribution is -0.149. The van der Waals surface area contributed by atoms with Gasteiger partial charge in [0.2, 0.25) is 23.6 Å². The van der Waals surface area contributed by atoms with Crippen molar-refractivity contribution in [2.45, 2.75) is 134 Å². The molecule has 0 aromatic heterocycles. The molecule has 4 aromatic carbocycles. The second kappa shape index (κ2) is 25.5. The van der Waals surface area contributed by atoms with Crippen LogP contribution in [0.2, 0.25) is 0 Å². The van der Waals surface area contributed by atoms with Crippen LogP contribution in [-0.2, 0) is 57.7 Å².